The van der Waals surface area contributed by atoms with Crippen molar-refractivity contribution in [3.05, 3.63) is 18.0 Å². The minimum atomic E-state index is 0.118. The van der Waals surface area contributed by atoms with E-state index in [9.17, 15) is 0 Å². The third-order valence-electron chi connectivity index (χ3n) is 1.69. The van der Waals surface area contributed by atoms with Gasteiger partial charge in [-0.3, -0.25) is 4.68 Å². The van der Waals surface area contributed by atoms with Crippen LogP contribution in [0.2, 0.25) is 0 Å². The first-order valence-corrected chi connectivity index (χ1v) is 4.09. The highest BCUT2D eigenvalue weighted by Crippen LogP contribution is 2.12. The van der Waals surface area contributed by atoms with Gasteiger partial charge in [0.25, 0.3) is 0 Å². The molecule has 0 aliphatic heterocycles. The van der Waals surface area contributed by atoms with Crippen LogP contribution in [0.3, 0.4) is 0 Å². The van der Waals surface area contributed by atoms with Gasteiger partial charge in [-0.2, -0.15) is 5.10 Å². The van der Waals surface area contributed by atoms with Crippen molar-refractivity contribution in [2.45, 2.75) is 39.7 Å². The van der Waals surface area contributed by atoms with E-state index in [2.05, 4.69) is 38.9 Å². The Labute approximate surface area is 68.2 Å². The lowest BCUT2D eigenvalue weighted by atomic mass is 10.1. The van der Waals surface area contributed by atoms with Gasteiger partial charge >= 0.3 is 0 Å². The monoisotopic (exact) mass is 152 g/mol. The molecular formula is C9H16N2. The van der Waals surface area contributed by atoms with E-state index in [1.807, 2.05) is 10.9 Å². The highest BCUT2D eigenvalue weighted by atomic mass is 15.3. The van der Waals surface area contributed by atoms with Gasteiger partial charge in [-0.1, -0.05) is 6.92 Å². The van der Waals surface area contributed by atoms with E-state index in [1.54, 1.807) is 0 Å². The molecule has 0 aliphatic rings. The maximum atomic E-state index is 4.42. The summed E-state index contributed by atoms with van der Waals surface area (Å²) in [6.07, 6.45) is 3.06. The van der Waals surface area contributed by atoms with Gasteiger partial charge in [-0.25, -0.2) is 0 Å². The Kier molecular flexibility index (Phi) is 2.03. The predicted molar refractivity (Wildman–Crippen MR) is 46.6 cm³/mol. The molecule has 62 valence electrons. The first kappa shape index (κ1) is 8.31. The molecule has 0 radical (unpaired) electrons. The van der Waals surface area contributed by atoms with E-state index in [1.165, 1.54) is 5.69 Å². The molecule has 0 aromatic carbocycles. The van der Waals surface area contributed by atoms with Crippen LogP contribution in [0.4, 0.5) is 0 Å². The van der Waals surface area contributed by atoms with Gasteiger partial charge in [0.2, 0.25) is 0 Å². The molecule has 0 saturated heterocycles. The van der Waals surface area contributed by atoms with Gasteiger partial charge in [0.1, 0.15) is 0 Å². The molecule has 0 bridgehead atoms. The van der Waals surface area contributed by atoms with Crippen molar-refractivity contribution >= 4 is 0 Å². The molecular weight excluding hydrogens is 136 g/mol. The molecule has 1 rings (SSSR count). The second-order valence-electron chi connectivity index (χ2n) is 3.78. The second kappa shape index (κ2) is 2.68. The molecule has 1 heterocycles. The van der Waals surface area contributed by atoms with Gasteiger partial charge in [0.15, 0.2) is 0 Å². The predicted octanol–water partition coefficient (Wildman–Crippen LogP) is 2.20. The maximum absolute atomic E-state index is 4.42. The zero-order valence-electron chi connectivity index (χ0n) is 7.76. The average molecular weight is 152 g/mol. The Morgan fingerprint density at radius 2 is 2.09 bits per heavy atom. The average Bonchev–Trinajstić information content (AvgIpc) is 2.32. The third kappa shape index (κ3) is 1.82. The first-order chi connectivity index (χ1) is 5.04. The van der Waals surface area contributed by atoms with Crippen LogP contribution < -0.4 is 0 Å². The standard InChI is InChI=1S/C9H16N2/c1-5-8-6-7-11(10-8)9(2,3)4/h6-7H,5H2,1-4H3. The van der Waals surface area contributed by atoms with Crippen LogP contribution in [0.15, 0.2) is 12.3 Å². The van der Waals surface area contributed by atoms with E-state index >= 15 is 0 Å². The van der Waals surface area contributed by atoms with Crippen LogP contribution in [0.5, 0.6) is 0 Å². The van der Waals surface area contributed by atoms with Crippen molar-refractivity contribution in [2.75, 3.05) is 0 Å². The Hall–Kier alpha value is -0.790. The molecule has 0 saturated carbocycles. The quantitative estimate of drug-likeness (QED) is 0.603. The van der Waals surface area contributed by atoms with Crippen molar-refractivity contribution in [2.24, 2.45) is 0 Å². The van der Waals surface area contributed by atoms with Crippen LogP contribution >= 0.6 is 0 Å². The summed E-state index contributed by atoms with van der Waals surface area (Å²) in [6, 6.07) is 2.07. The van der Waals surface area contributed by atoms with E-state index in [-0.39, 0.29) is 5.54 Å². The first-order valence-electron chi connectivity index (χ1n) is 4.09. The SMILES string of the molecule is CCc1ccn(C(C)(C)C)n1. The summed E-state index contributed by atoms with van der Waals surface area (Å²) in [5.74, 6) is 0. The van der Waals surface area contributed by atoms with Crippen LogP contribution in [0.25, 0.3) is 0 Å². The highest BCUT2D eigenvalue weighted by Gasteiger charge is 2.12. The lowest BCUT2D eigenvalue weighted by Crippen LogP contribution is -2.22. The topological polar surface area (TPSA) is 17.8 Å². The number of aryl methyl sites for hydroxylation is 1. The van der Waals surface area contributed by atoms with Gasteiger partial charge in [0, 0.05) is 6.20 Å². The number of nitrogens with zero attached hydrogens (tertiary/aromatic N) is 2. The fraction of sp³-hybridized carbons (Fsp3) is 0.667. The number of hydrogen-bond acceptors (Lipinski definition) is 1. The van der Waals surface area contributed by atoms with Crippen molar-refractivity contribution < 1.29 is 0 Å². The van der Waals surface area contributed by atoms with Gasteiger partial charge < -0.3 is 0 Å². The lowest BCUT2D eigenvalue weighted by molar-refractivity contribution is 0.353. The molecule has 0 atom stereocenters. The van der Waals surface area contributed by atoms with Crippen LogP contribution in [0, 0.1) is 0 Å². The van der Waals surface area contributed by atoms with Crippen LogP contribution in [0.1, 0.15) is 33.4 Å². The van der Waals surface area contributed by atoms with Gasteiger partial charge in [-0.15, -0.1) is 0 Å². The summed E-state index contributed by atoms with van der Waals surface area (Å²) >= 11 is 0. The lowest BCUT2D eigenvalue weighted by Gasteiger charge is -2.18. The number of aromatic nitrogens is 2. The largest absolute Gasteiger partial charge is 0.267 e. The number of hydrogen-bond donors (Lipinski definition) is 0. The van der Waals surface area contributed by atoms with E-state index in [4.69, 9.17) is 0 Å². The Balaban J connectivity index is 2.89. The second-order valence-corrected chi connectivity index (χ2v) is 3.78. The molecule has 0 unspecified atom stereocenters. The Morgan fingerprint density at radius 3 is 2.36 bits per heavy atom. The Bertz CT molecular complexity index is 230. The van der Waals surface area contributed by atoms with E-state index in [0.717, 1.165) is 6.42 Å². The Morgan fingerprint density at radius 1 is 1.45 bits per heavy atom. The molecule has 0 amide bonds. The zero-order chi connectivity index (χ0) is 8.48. The minimum absolute atomic E-state index is 0.118. The van der Waals surface area contributed by atoms with Crippen LogP contribution in [-0.4, -0.2) is 9.78 Å². The summed E-state index contributed by atoms with van der Waals surface area (Å²) in [4.78, 5) is 0. The molecule has 0 N–H and O–H groups in total. The van der Waals surface area contributed by atoms with Crippen LogP contribution in [-0.2, 0) is 12.0 Å². The summed E-state index contributed by atoms with van der Waals surface area (Å²) in [5, 5.41) is 4.42. The minimum Gasteiger partial charge on any atom is -0.267 e. The molecule has 1 aromatic rings. The van der Waals surface area contributed by atoms with E-state index in [0.29, 0.717) is 0 Å². The van der Waals surface area contributed by atoms with Gasteiger partial charge in [-0.05, 0) is 33.3 Å². The van der Waals surface area contributed by atoms with Crippen molar-refractivity contribution in [1.29, 1.82) is 0 Å². The molecule has 0 aliphatic carbocycles. The molecule has 1 aromatic heterocycles. The zero-order valence-corrected chi connectivity index (χ0v) is 7.76. The molecule has 0 spiro atoms. The van der Waals surface area contributed by atoms with Crippen molar-refractivity contribution in [1.82, 2.24) is 9.78 Å². The summed E-state index contributed by atoms with van der Waals surface area (Å²) in [7, 11) is 0. The van der Waals surface area contributed by atoms with Crippen molar-refractivity contribution in [3.8, 4) is 0 Å². The summed E-state index contributed by atoms with van der Waals surface area (Å²) in [6.45, 7) is 8.58. The van der Waals surface area contributed by atoms with E-state index < -0.39 is 0 Å². The normalized spacial score (nSPS) is 12.0. The highest BCUT2D eigenvalue weighted by molar-refractivity contribution is 4.99. The third-order valence-corrected chi connectivity index (χ3v) is 1.69. The van der Waals surface area contributed by atoms with Crippen molar-refractivity contribution in [3.63, 3.8) is 0 Å². The molecule has 2 nitrogen and oxygen atoms in total. The number of rotatable bonds is 1. The summed E-state index contributed by atoms with van der Waals surface area (Å²) in [5.41, 5.74) is 1.29. The fourth-order valence-corrected chi connectivity index (χ4v) is 0.924. The summed E-state index contributed by atoms with van der Waals surface area (Å²) < 4.78 is 2.01. The molecule has 11 heavy (non-hydrogen) atoms. The molecule has 2 heteroatoms. The molecule has 0 fully saturated rings. The smallest absolute Gasteiger partial charge is 0.0622 e. The van der Waals surface area contributed by atoms with Gasteiger partial charge in [0.05, 0.1) is 11.2 Å². The maximum Gasteiger partial charge on any atom is 0.0622 e. The fourth-order valence-electron chi connectivity index (χ4n) is 0.924.